The van der Waals surface area contributed by atoms with Crippen LogP contribution in [-0.2, 0) is 17.4 Å². The van der Waals surface area contributed by atoms with Gasteiger partial charge in [0.25, 0.3) is 0 Å². The molecule has 0 aliphatic heterocycles. The maximum absolute atomic E-state index is 13.9. The van der Waals surface area contributed by atoms with Crippen molar-refractivity contribution in [1.29, 1.82) is 0 Å². The average Bonchev–Trinajstić information content (AvgIpc) is 3.38. The van der Waals surface area contributed by atoms with Crippen LogP contribution in [0.1, 0.15) is 23.6 Å². The first-order chi connectivity index (χ1) is 15.7. The monoisotopic (exact) mass is 458 g/mol. The quantitative estimate of drug-likeness (QED) is 0.384. The van der Waals surface area contributed by atoms with Gasteiger partial charge in [0.05, 0.1) is 28.7 Å². The van der Waals surface area contributed by atoms with Crippen LogP contribution in [0.15, 0.2) is 65.2 Å². The van der Waals surface area contributed by atoms with Gasteiger partial charge < -0.3 is 9.73 Å². The number of nitrogens with one attached hydrogen (secondary N) is 1. The number of nitrogens with zero attached hydrogens (tertiary/aromatic N) is 3. The molecule has 0 radical (unpaired) electrons. The van der Waals surface area contributed by atoms with Crippen molar-refractivity contribution >= 4 is 11.7 Å². The molecule has 0 spiro atoms. The van der Waals surface area contributed by atoms with Crippen LogP contribution in [0.3, 0.4) is 0 Å². The Labute approximate surface area is 185 Å². The molecular weight excluding hydrogens is 440 g/mol. The Bertz CT molecular complexity index is 1290. The molecule has 0 bridgehead atoms. The molecule has 0 saturated heterocycles. The van der Waals surface area contributed by atoms with Crippen LogP contribution < -0.4 is 5.32 Å². The average molecular weight is 458 g/mol. The van der Waals surface area contributed by atoms with E-state index in [-0.39, 0.29) is 41.6 Å². The van der Waals surface area contributed by atoms with E-state index in [1.165, 1.54) is 29.1 Å². The Morgan fingerprint density at radius 3 is 2.67 bits per heavy atom. The van der Waals surface area contributed by atoms with Gasteiger partial charge in [0.1, 0.15) is 11.6 Å². The van der Waals surface area contributed by atoms with Crippen LogP contribution >= 0.6 is 0 Å². The lowest BCUT2D eigenvalue weighted by atomic mass is 10.2. The van der Waals surface area contributed by atoms with Crippen molar-refractivity contribution in [3.05, 3.63) is 83.8 Å². The van der Waals surface area contributed by atoms with Crippen LogP contribution in [0.4, 0.5) is 23.4 Å². The minimum absolute atomic E-state index is 0.00988. The Morgan fingerprint density at radius 2 is 1.91 bits per heavy atom. The van der Waals surface area contributed by atoms with Crippen LogP contribution in [0.25, 0.3) is 17.0 Å². The Hall–Kier alpha value is -3.95. The van der Waals surface area contributed by atoms with E-state index in [2.05, 4.69) is 15.4 Å². The molecule has 1 N–H and O–H groups in total. The lowest BCUT2D eigenvalue weighted by Crippen LogP contribution is -2.16. The van der Waals surface area contributed by atoms with Gasteiger partial charge in [-0.05, 0) is 37.3 Å². The first-order valence-corrected chi connectivity index (χ1v) is 9.94. The molecule has 1 amide bonds. The molecule has 2 heterocycles. The topological polar surface area (TPSA) is 73.0 Å². The van der Waals surface area contributed by atoms with Gasteiger partial charge >= 0.3 is 6.18 Å². The smallest absolute Gasteiger partial charge is 0.416 e. The summed E-state index contributed by atoms with van der Waals surface area (Å²) in [6.07, 6.45) is -2.97. The SMILES string of the molecule is Cc1cc(NC(=O)CCc2ncc(-c3ccccc3F)o2)n(-c2cccc(C(F)(F)F)c2)n1. The number of aromatic nitrogens is 3. The summed E-state index contributed by atoms with van der Waals surface area (Å²) in [4.78, 5) is 16.6. The molecule has 2 aromatic carbocycles. The number of benzene rings is 2. The van der Waals surface area contributed by atoms with Crippen molar-refractivity contribution in [3.63, 3.8) is 0 Å². The number of anilines is 1. The lowest BCUT2D eigenvalue weighted by Gasteiger charge is -2.11. The third-order valence-corrected chi connectivity index (χ3v) is 4.78. The van der Waals surface area contributed by atoms with E-state index in [9.17, 15) is 22.4 Å². The molecule has 33 heavy (non-hydrogen) atoms. The summed E-state index contributed by atoms with van der Waals surface area (Å²) < 4.78 is 59.8. The second kappa shape index (κ2) is 8.89. The van der Waals surface area contributed by atoms with Gasteiger partial charge in [0.2, 0.25) is 5.91 Å². The molecule has 0 unspecified atom stereocenters. The molecule has 4 rings (SSSR count). The fourth-order valence-corrected chi connectivity index (χ4v) is 3.24. The van der Waals surface area contributed by atoms with E-state index in [1.807, 2.05) is 0 Å². The van der Waals surface area contributed by atoms with E-state index in [0.29, 0.717) is 5.69 Å². The minimum atomic E-state index is -4.50. The number of amides is 1. The molecule has 2 aromatic heterocycles. The standard InChI is InChI=1S/C23H18F4N4O2/c1-14-11-20(31(30-14)16-6-4-5-15(12-16)23(25,26)27)29-21(32)9-10-22-28-13-19(33-22)17-7-2-3-8-18(17)24/h2-8,11-13H,9-10H2,1H3,(H,29,32). The highest BCUT2D eigenvalue weighted by atomic mass is 19.4. The highest BCUT2D eigenvalue weighted by molar-refractivity contribution is 5.90. The number of alkyl halides is 3. The van der Waals surface area contributed by atoms with Gasteiger partial charge in [-0.3, -0.25) is 4.79 Å². The second-order valence-electron chi connectivity index (χ2n) is 7.28. The largest absolute Gasteiger partial charge is 0.441 e. The summed E-state index contributed by atoms with van der Waals surface area (Å²) in [7, 11) is 0. The maximum atomic E-state index is 13.9. The molecule has 4 aromatic rings. The number of carbonyl (C=O) groups is 1. The first-order valence-electron chi connectivity index (χ1n) is 9.94. The Morgan fingerprint density at radius 1 is 1.12 bits per heavy atom. The van der Waals surface area contributed by atoms with Crippen molar-refractivity contribution in [2.75, 3.05) is 5.32 Å². The lowest BCUT2D eigenvalue weighted by molar-refractivity contribution is -0.137. The molecule has 0 aliphatic rings. The minimum Gasteiger partial charge on any atom is -0.441 e. The summed E-state index contributed by atoms with van der Waals surface area (Å²) >= 11 is 0. The summed E-state index contributed by atoms with van der Waals surface area (Å²) in [5.74, 6) is -0.117. The zero-order valence-corrected chi connectivity index (χ0v) is 17.4. The Balaban J connectivity index is 1.45. The number of aryl methyl sites for hydroxylation is 2. The second-order valence-corrected chi connectivity index (χ2v) is 7.28. The molecule has 0 atom stereocenters. The zero-order chi connectivity index (χ0) is 23.6. The summed E-state index contributed by atoms with van der Waals surface area (Å²) in [6, 6.07) is 12.3. The van der Waals surface area contributed by atoms with Gasteiger partial charge in [0, 0.05) is 18.9 Å². The third-order valence-electron chi connectivity index (χ3n) is 4.78. The van der Waals surface area contributed by atoms with Crippen molar-refractivity contribution < 1.29 is 26.8 Å². The predicted molar refractivity (Wildman–Crippen MR) is 112 cm³/mol. The van der Waals surface area contributed by atoms with Gasteiger partial charge in [-0.2, -0.15) is 18.3 Å². The van der Waals surface area contributed by atoms with E-state index >= 15 is 0 Å². The molecule has 170 valence electrons. The molecule has 0 aliphatic carbocycles. The Kier molecular flexibility index (Phi) is 5.99. The van der Waals surface area contributed by atoms with Crippen LogP contribution in [0, 0.1) is 12.7 Å². The number of oxazole rings is 1. The molecule has 0 fully saturated rings. The van der Waals surface area contributed by atoms with Crippen molar-refractivity contribution in [1.82, 2.24) is 14.8 Å². The number of hydrogen-bond acceptors (Lipinski definition) is 4. The van der Waals surface area contributed by atoms with Crippen LogP contribution in [-0.4, -0.2) is 20.7 Å². The fourth-order valence-electron chi connectivity index (χ4n) is 3.24. The van der Waals surface area contributed by atoms with E-state index < -0.39 is 23.5 Å². The first kappa shape index (κ1) is 22.3. The normalized spacial score (nSPS) is 11.5. The molecule has 10 heteroatoms. The highest BCUT2D eigenvalue weighted by Gasteiger charge is 2.30. The molecule has 6 nitrogen and oxygen atoms in total. The van der Waals surface area contributed by atoms with Crippen molar-refractivity contribution in [2.45, 2.75) is 25.9 Å². The van der Waals surface area contributed by atoms with Gasteiger partial charge in [-0.1, -0.05) is 18.2 Å². The molecular formula is C23H18F4N4O2. The van der Waals surface area contributed by atoms with Gasteiger partial charge in [-0.25, -0.2) is 14.1 Å². The number of halogens is 4. The highest BCUT2D eigenvalue weighted by Crippen LogP contribution is 2.31. The van der Waals surface area contributed by atoms with Crippen molar-refractivity contribution in [2.24, 2.45) is 0 Å². The molecule has 0 saturated carbocycles. The summed E-state index contributed by atoms with van der Waals surface area (Å²) in [5, 5.41) is 6.85. The van der Waals surface area contributed by atoms with E-state index in [4.69, 9.17) is 4.42 Å². The van der Waals surface area contributed by atoms with E-state index in [1.54, 1.807) is 31.2 Å². The summed E-state index contributed by atoms with van der Waals surface area (Å²) in [6.45, 7) is 1.66. The van der Waals surface area contributed by atoms with Gasteiger partial charge in [0.15, 0.2) is 11.7 Å². The van der Waals surface area contributed by atoms with E-state index in [0.717, 1.165) is 12.1 Å². The summed E-state index contributed by atoms with van der Waals surface area (Å²) in [5.41, 5.74) is 0.126. The predicted octanol–water partition coefficient (Wildman–Crippen LogP) is 5.56. The van der Waals surface area contributed by atoms with Crippen LogP contribution in [0.2, 0.25) is 0 Å². The van der Waals surface area contributed by atoms with Crippen molar-refractivity contribution in [3.8, 4) is 17.0 Å². The van der Waals surface area contributed by atoms with Crippen LogP contribution in [0.5, 0.6) is 0 Å². The number of carbonyl (C=O) groups excluding carboxylic acids is 1. The maximum Gasteiger partial charge on any atom is 0.416 e. The fraction of sp³-hybridized carbons (Fsp3) is 0.174. The third kappa shape index (κ3) is 5.11. The van der Waals surface area contributed by atoms with Gasteiger partial charge in [-0.15, -0.1) is 0 Å². The number of hydrogen-bond donors (Lipinski definition) is 1. The zero-order valence-electron chi connectivity index (χ0n) is 17.4. The number of rotatable bonds is 6.